The number of ether oxygens (including phenoxy) is 1. The van der Waals surface area contributed by atoms with Crippen molar-refractivity contribution in [1.82, 2.24) is 10.4 Å². The molecular weight excluding hydrogens is 316 g/mol. The number of rotatable bonds is 5. The number of pyridine rings is 1. The molecule has 2 rings (SSSR count). The largest absolute Gasteiger partial charge is 0.504 e. The lowest BCUT2D eigenvalue weighted by atomic mass is 10.2. The number of phenolic OH excluding ortho intramolecular Hbond substituents is 1. The fraction of sp³-hybridized carbons (Fsp3) is 0.133. The van der Waals surface area contributed by atoms with Gasteiger partial charge >= 0.3 is 0 Å². The lowest BCUT2D eigenvalue weighted by Crippen LogP contribution is -2.17. The summed E-state index contributed by atoms with van der Waals surface area (Å²) in [6.07, 6.45) is 2.48. The van der Waals surface area contributed by atoms with Crippen LogP contribution in [0.15, 0.2) is 35.6 Å². The van der Waals surface area contributed by atoms with Crippen molar-refractivity contribution in [3.8, 4) is 11.5 Å². The molecule has 9 nitrogen and oxygen atoms in total. The summed E-state index contributed by atoms with van der Waals surface area (Å²) in [6.45, 7) is 1.79. The molecule has 0 fully saturated rings. The molecule has 0 atom stereocenters. The average Bonchev–Trinajstić information content (AvgIpc) is 2.56. The van der Waals surface area contributed by atoms with Crippen LogP contribution >= 0.6 is 0 Å². The fourth-order valence-electron chi connectivity index (χ4n) is 1.80. The molecule has 0 aliphatic rings. The zero-order chi connectivity index (χ0) is 17.7. The van der Waals surface area contributed by atoms with Crippen molar-refractivity contribution in [1.29, 1.82) is 0 Å². The zero-order valence-electron chi connectivity index (χ0n) is 12.9. The quantitative estimate of drug-likeness (QED) is 0.488. The van der Waals surface area contributed by atoms with E-state index in [1.807, 2.05) is 0 Å². The van der Waals surface area contributed by atoms with Crippen LogP contribution < -0.4 is 10.2 Å². The number of nitro groups is 1. The monoisotopic (exact) mass is 330 g/mol. The van der Waals surface area contributed by atoms with Gasteiger partial charge < -0.3 is 9.84 Å². The highest BCUT2D eigenvalue weighted by atomic mass is 16.6. The number of amides is 1. The molecule has 0 saturated heterocycles. The Bertz CT molecular complexity index is 802. The maximum Gasteiger partial charge on any atom is 0.274 e. The molecular formula is C15H14N4O5. The Morgan fingerprint density at radius 2 is 2.21 bits per heavy atom. The van der Waals surface area contributed by atoms with E-state index in [2.05, 4.69) is 15.5 Å². The maximum absolute atomic E-state index is 11.9. The first-order valence-electron chi connectivity index (χ1n) is 6.74. The highest BCUT2D eigenvalue weighted by Crippen LogP contribution is 2.33. The molecule has 9 heteroatoms. The number of hydrazone groups is 1. The van der Waals surface area contributed by atoms with Gasteiger partial charge in [0.15, 0.2) is 11.5 Å². The van der Waals surface area contributed by atoms with Crippen LogP contribution in [0.2, 0.25) is 0 Å². The lowest BCUT2D eigenvalue weighted by Gasteiger charge is -2.06. The van der Waals surface area contributed by atoms with Crippen molar-refractivity contribution in [2.24, 2.45) is 5.10 Å². The predicted molar refractivity (Wildman–Crippen MR) is 85.3 cm³/mol. The number of carbonyl (C=O) groups is 1. The number of methoxy groups -OCH3 is 1. The number of nitrogens with one attached hydrogen (secondary N) is 1. The predicted octanol–water partition coefficient (Wildman–Crippen LogP) is 1.78. The Morgan fingerprint density at radius 1 is 1.46 bits per heavy atom. The van der Waals surface area contributed by atoms with Gasteiger partial charge in [-0.15, -0.1) is 0 Å². The van der Waals surface area contributed by atoms with Crippen LogP contribution in [-0.4, -0.2) is 34.2 Å². The standard InChI is InChI=1S/C15H14N4O5/c1-9-3-4-10(7-16-9)15(21)18-17-8-11-5-12(19(22)23)6-13(24-2)14(11)20/h3-8,20H,1-2H3,(H,18,21)/b17-8-. The number of non-ortho nitro benzene ring substituents is 1. The minimum atomic E-state index is -0.629. The number of aromatic nitrogens is 1. The second kappa shape index (κ2) is 7.18. The van der Waals surface area contributed by atoms with Crippen molar-refractivity contribution < 1.29 is 19.6 Å². The Labute approximate surface area is 136 Å². The third-order valence-corrected chi connectivity index (χ3v) is 3.06. The molecule has 1 heterocycles. The molecule has 2 N–H and O–H groups in total. The summed E-state index contributed by atoms with van der Waals surface area (Å²) in [5.41, 5.74) is 3.07. The van der Waals surface area contributed by atoms with E-state index in [1.54, 1.807) is 19.1 Å². The number of hydrogen-bond donors (Lipinski definition) is 2. The van der Waals surface area contributed by atoms with E-state index in [9.17, 15) is 20.0 Å². The van der Waals surface area contributed by atoms with Gasteiger partial charge in [-0.05, 0) is 19.1 Å². The summed E-state index contributed by atoms with van der Waals surface area (Å²) in [6, 6.07) is 5.46. The third-order valence-electron chi connectivity index (χ3n) is 3.06. The molecule has 0 radical (unpaired) electrons. The van der Waals surface area contributed by atoms with Gasteiger partial charge in [-0.1, -0.05) is 0 Å². The van der Waals surface area contributed by atoms with Gasteiger partial charge in [0.25, 0.3) is 11.6 Å². The van der Waals surface area contributed by atoms with Gasteiger partial charge in [-0.3, -0.25) is 19.9 Å². The van der Waals surface area contributed by atoms with Gasteiger partial charge in [0.2, 0.25) is 0 Å². The average molecular weight is 330 g/mol. The third kappa shape index (κ3) is 3.83. The number of aromatic hydroxyl groups is 1. The molecule has 0 aliphatic heterocycles. The molecule has 0 saturated carbocycles. The van der Waals surface area contributed by atoms with E-state index in [-0.39, 0.29) is 22.7 Å². The second-order valence-electron chi connectivity index (χ2n) is 4.73. The van der Waals surface area contributed by atoms with Crippen molar-refractivity contribution >= 4 is 17.8 Å². The second-order valence-corrected chi connectivity index (χ2v) is 4.73. The van der Waals surface area contributed by atoms with E-state index in [4.69, 9.17) is 4.74 Å². The zero-order valence-corrected chi connectivity index (χ0v) is 12.9. The summed E-state index contributed by atoms with van der Waals surface area (Å²) in [4.78, 5) is 26.1. The van der Waals surface area contributed by atoms with Gasteiger partial charge in [0, 0.05) is 23.5 Å². The molecule has 1 amide bonds. The highest BCUT2D eigenvalue weighted by Gasteiger charge is 2.15. The Hall–Kier alpha value is -3.49. The molecule has 0 spiro atoms. The van der Waals surface area contributed by atoms with Crippen LogP contribution in [-0.2, 0) is 0 Å². The summed E-state index contributed by atoms with van der Waals surface area (Å²) in [5, 5.41) is 24.5. The molecule has 1 aromatic carbocycles. The number of aryl methyl sites for hydroxylation is 1. The first-order chi connectivity index (χ1) is 11.4. The van der Waals surface area contributed by atoms with Gasteiger partial charge in [0.05, 0.1) is 29.9 Å². The first kappa shape index (κ1) is 16.9. The Balaban J connectivity index is 2.19. The number of benzene rings is 1. The normalized spacial score (nSPS) is 10.6. The molecule has 24 heavy (non-hydrogen) atoms. The van der Waals surface area contributed by atoms with E-state index in [1.165, 1.54) is 13.3 Å². The minimum absolute atomic E-state index is 0.0309. The van der Waals surface area contributed by atoms with Crippen LogP contribution in [0.4, 0.5) is 5.69 Å². The molecule has 1 aromatic heterocycles. The van der Waals surface area contributed by atoms with Crippen LogP contribution in [0, 0.1) is 17.0 Å². The Morgan fingerprint density at radius 3 is 2.79 bits per heavy atom. The van der Waals surface area contributed by atoms with E-state index in [0.29, 0.717) is 5.56 Å². The highest BCUT2D eigenvalue weighted by molar-refractivity contribution is 5.95. The van der Waals surface area contributed by atoms with Gasteiger partial charge in [0.1, 0.15) is 0 Å². The summed E-state index contributed by atoms with van der Waals surface area (Å²) < 4.78 is 4.87. The minimum Gasteiger partial charge on any atom is -0.504 e. The number of carbonyl (C=O) groups excluding carboxylic acids is 1. The number of hydrogen-bond acceptors (Lipinski definition) is 7. The van der Waals surface area contributed by atoms with Crippen molar-refractivity contribution in [3.63, 3.8) is 0 Å². The van der Waals surface area contributed by atoms with E-state index in [0.717, 1.165) is 24.0 Å². The summed E-state index contributed by atoms with van der Waals surface area (Å²) in [5.74, 6) is -0.895. The SMILES string of the molecule is COc1cc([N+](=O)[O-])cc(/C=N\NC(=O)c2ccc(C)nc2)c1O. The maximum atomic E-state index is 11.9. The van der Waals surface area contributed by atoms with Crippen LogP contribution in [0.1, 0.15) is 21.6 Å². The van der Waals surface area contributed by atoms with Crippen LogP contribution in [0.5, 0.6) is 11.5 Å². The molecule has 0 bridgehead atoms. The number of phenols is 1. The molecule has 0 unspecified atom stereocenters. The van der Waals surface area contributed by atoms with Gasteiger partial charge in [-0.2, -0.15) is 5.10 Å². The number of nitrogens with zero attached hydrogens (tertiary/aromatic N) is 3. The van der Waals surface area contributed by atoms with Crippen molar-refractivity contribution in [2.75, 3.05) is 7.11 Å². The van der Waals surface area contributed by atoms with Crippen molar-refractivity contribution in [3.05, 3.63) is 57.4 Å². The van der Waals surface area contributed by atoms with Gasteiger partial charge in [-0.25, -0.2) is 5.43 Å². The lowest BCUT2D eigenvalue weighted by molar-refractivity contribution is -0.385. The topological polar surface area (TPSA) is 127 Å². The molecule has 124 valence electrons. The Kier molecular flexibility index (Phi) is 5.05. The van der Waals surface area contributed by atoms with Crippen molar-refractivity contribution in [2.45, 2.75) is 6.92 Å². The molecule has 2 aromatic rings. The molecule has 0 aliphatic carbocycles. The van der Waals surface area contributed by atoms with E-state index >= 15 is 0 Å². The number of nitro benzene ring substituents is 1. The first-order valence-corrected chi connectivity index (χ1v) is 6.74. The van der Waals surface area contributed by atoms with Crippen LogP contribution in [0.25, 0.3) is 0 Å². The summed E-state index contributed by atoms with van der Waals surface area (Å²) >= 11 is 0. The smallest absolute Gasteiger partial charge is 0.274 e. The fourth-order valence-corrected chi connectivity index (χ4v) is 1.80. The summed E-state index contributed by atoms with van der Waals surface area (Å²) in [7, 11) is 1.27. The van der Waals surface area contributed by atoms with Crippen LogP contribution in [0.3, 0.4) is 0 Å². The van der Waals surface area contributed by atoms with E-state index < -0.39 is 10.8 Å².